The van der Waals surface area contributed by atoms with Gasteiger partial charge in [-0.15, -0.1) is 0 Å². The van der Waals surface area contributed by atoms with E-state index in [1.165, 1.54) is 5.57 Å². The van der Waals surface area contributed by atoms with Gasteiger partial charge in [0.15, 0.2) is 0 Å². The molecule has 22 heavy (non-hydrogen) atoms. The van der Waals surface area contributed by atoms with Crippen molar-refractivity contribution in [1.82, 2.24) is 0 Å². The Labute approximate surface area is 132 Å². The third-order valence-electron chi connectivity index (χ3n) is 7.79. The maximum absolute atomic E-state index is 12.4. The van der Waals surface area contributed by atoms with Crippen molar-refractivity contribution in [3.05, 3.63) is 11.6 Å². The number of hydrogen-bond acceptors (Lipinski definition) is 3. The van der Waals surface area contributed by atoms with Gasteiger partial charge in [0.2, 0.25) is 0 Å². The quantitative estimate of drug-likeness (QED) is 0.732. The van der Waals surface area contributed by atoms with Gasteiger partial charge in [0.1, 0.15) is 5.78 Å². The molecule has 0 spiro atoms. The molecule has 3 fully saturated rings. The topological polar surface area (TPSA) is 57.5 Å². The largest absolute Gasteiger partial charge is 0.395 e. The Morgan fingerprint density at radius 1 is 1.23 bits per heavy atom. The maximum Gasteiger partial charge on any atom is 0.139 e. The third-order valence-corrected chi connectivity index (χ3v) is 7.79. The zero-order valence-electron chi connectivity index (χ0n) is 13.6. The Hall–Kier alpha value is -0.670. The van der Waals surface area contributed by atoms with Crippen molar-refractivity contribution in [3.63, 3.8) is 0 Å². The molecule has 0 radical (unpaired) electrons. The van der Waals surface area contributed by atoms with Crippen molar-refractivity contribution in [2.75, 3.05) is 6.61 Å². The summed E-state index contributed by atoms with van der Waals surface area (Å²) in [5.74, 6) is 2.04. The summed E-state index contributed by atoms with van der Waals surface area (Å²) < 4.78 is 0. The van der Waals surface area contributed by atoms with Gasteiger partial charge < -0.3 is 10.2 Å². The molecular formula is C19H28O3. The number of aliphatic hydroxyl groups is 2. The first-order chi connectivity index (χ1) is 10.5. The summed E-state index contributed by atoms with van der Waals surface area (Å²) in [5, 5.41) is 20.3. The molecule has 0 aromatic heterocycles. The van der Waals surface area contributed by atoms with Gasteiger partial charge in [-0.1, -0.05) is 18.6 Å². The molecule has 0 bridgehead atoms. The fourth-order valence-electron chi connectivity index (χ4n) is 6.50. The van der Waals surface area contributed by atoms with Gasteiger partial charge in [0.25, 0.3) is 0 Å². The van der Waals surface area contributed by atoms with Crippen molar-refractivity contribution < 1.29 is 15.0 Å². The summed E-state index contributed by atoms with van der Waals surface area (Å²) in [6, 6.07) is 0. The second-order valence-corrected chi connectivity index (χ2v) is 8.47. The van der Waals surface area contributed by atoms with Gasteiger partial charge in [-0.25, -0.2) is 0 Å². The number of rotatable bonds is 1. The van der Waals surface area contributed by atoms with E-state index in [1.807, 2.05) is 0 Å². The summed E-state index contributed by atoms with van der Waals surface area (Å²) in [6.45, 7) is 2.41. The van der Waals surface area contributed by atoms with Crippen LogP contribution in [0, 0.1) is 28.6 Å². The van der Waals surface area contributed by atoms with E-state index in [2.05, 4.69) is 13.0 Å². The van der Waals surface area contributed by atoms with E-state index >= 15 is 0 Å². The molecular weight excluding hydrogens is 276 g/mol. The molecule has 122 valence electrons. The van der Waals surface area contributed by atoms with Crippen molar-refractivity contribution >= 4 is 5.78 Å². The van der Waals surface area contributed by atoms with E-state index < -0.39 is 0 Å². The molecule has 4 rings (SSSR count). The number of hydrogen-bond donors (Lipinski definition) is 2. The average Bonchev–Trinajstić information content (AvgIpc) is 2.82. The highest BCUT2D eigenvalue weighted by molar-refractivity contribution is 5.87. The molecule has 0 amide bonds. The first-order valence-corrected chi connectivity index (χ1v) is 9.03. The minimum Gasteiger partial charge on any atom is -0.395 e. The number of ketones is 1. The Morgan fingerprint density at radius 3 is 2.82 bits per heavy atom. The van der Waals surface area contributed by atoms with E-state index in [0.29, 0.717) is 23.5 Å². The van der Waals surface area contributed by atoms with Gasteiger partial charge in [-0.2, -0.15) is 0 Å². The fourth-order valence-corrected chi connectivity index (χ4v) is 6.50. The van der Waals surface area contributed by atoms with Crippen LogP contribution in [0.25, 0.3) is 0 Å². The van der Waals surface area contributed by atoms with Crippen LogP contribution >= 0.6 is 0 Å². The number of aliphatic hydroxyl groups excluding tert-OH is 2. The van der Waals surface area contributed by atoms with E-state index in [4.69, 9.17) is 0 Å². The van der Waals surface area contributed by atoms with Gasteiger partial charge >= 0.3 is 0 Å². The first kappa shape index (κ1) is 14.9. The van der Waals surface area contributed by atoms with E-state index in [0.717, 1.165) is 51.4 Å². The van der Waals surface area contributed by atoms with Crippen LogP contribution < -0.4 is 0 Å². The van der Waals surface area contributed by atoms with E-state index in [9.17, 15) is 15.0 Å². The van der Waals surface area contributed by atoms with Gasteiger partial charge in [-0.3, -0.25) is 4.79 Å². The number of Topliss-reactive ketones (excluding diaryl/α,β-unsaturated/α-hetero) is 1. The van der Waals surface area contributed by atoms with Crippen LogP contribution in [0.4, 0.5) is 0 Å². The van der Waals surface area contributed by atoms with Crippen LogP contribution in [-0.4, -0.2) is 28.7 Å². The summed E-state index contributed by atoms with van der Waals surface area (Å²) in [7, 11) is 0. The van der Waals surface area contributed by atoms with Gasteiger partial charge in [0, 0.05) is 17.3 Å². The van der Waals surface area contributed by atoms with E-state index in [-0.39, 0.29) is 23.5 Å². The second-order valence-electron chi connectivity index (χ2n) is 8.47. The highest BCUT2D eigenvalue weighted by atomic mass is 16.3. The summed E-state index contributed by atoms with van der Waals surface area (Å²) >= 11 is 0. The van der Waals surface area contributed by atoms with Gasteiger partial charge in [-0.05, 0) is 62.7 Å². The third kappa shape index (κ3) is 1.78. The Balaban J connectivity index is 1.72. The van der Waals surface area contributed by atoms with Crippen molar-refractivity contribution in [3.8, 4) is 0 Å². The number of carbonyl (C=O) groups is 1. The normalized spacial score (nSPS) is 50.9. The van der Waals surface area contributed by atoms with Crippen molar-refractivity contribution in [2.24, 2.45) is 28.6 Å². The second kappa shape index (κ2) is 4.91. The highest BCUT2D eigenvalue weighted by Gasteiger charge is 2.59. The molecule has 0 aromatic rings. The summed E-state index contributed by atoms with van der Waals surface area (Å²) in [4.78, 5) is 12.4. The predicted molar refractivity (Wildman–Crippen MR) is 84.1 cm³/mol. The molecule has 6 atom stereocenters. The molecule has 2 N–H and O–H groups in total. The van der Waals surface area contributed by atoms with Crippen molar-refractivity contribution in [1.29, 1.82) is 0 Å². The minimum absolute atomic E-state index is 0.0999. The lowest BCUT2D eigenvalue weighted by atomic mass is 9.47. The molecule has 4 aliphatic carbocycles. The Morgan fingerprint density at radius 2 is 2.05 bits per heavy atom. The molecule has 0 aromatic carbocycles. The minimum atomic E-state index is -0.232. The van der Waals surface area contributed by atoms with Crippen LogP contribution in [0.2, 0.25) is 0 Å². The SMILES string of the molecule is C[C@@]12CC[C@H]3[C@@H](CC=C4C[C@H](O)CC[C@@]43CO)[C@@H]1CCC2=O. The predicted octanol–water partition coefficient (Wildman–Crippen LogP) is 2.85. The molecule has 0 aliphatic heterocycles. The average molecular weight is 304 g/mol. The lowest BCUT2D eigenvalue weighted by Gasteiger charge is -2.57. The number of allylic oxidation sites excluding steroid dienone is 1. The van der Waals surface area contributed by atoms with Crippen LogP contribution in [0.3, 0.4) is 0 Å². The fraction of sp³-hybridized carbons (Fsp3) is 0.842. The van der Waals surface area contributed by atoms with Crippen molar-refractivity contribution in [2.45, 2.75) is 64.4 Å². The van der Waals surface area contributed by atoms with Crippen LogP contribution in [0.15, 0.2) is 11.6 Å². The number of carbonyl (C=O) groups excluding carboxylic acids is 1. The Kier molecular flexibility index (Phi) is 3.32. The molecule has 3 nitrogen and oxygen atoms in total. The monoisotopic (exact) mass is 304 g/mol. The van der Waals surface area contributed by atoms with Crippen LogP contribution in [0.1, 0.15) is 58.3 Å². The van der Waals surface area contributed by atoms with Crippen LogP contribution in [0.5, 0.6) is 0 Å². The number of fused-ring (bicyclic) bond motifs is 5. The standard InChI is InChI=1S/C19H28O3/c1-18-8-7-16-14(15(18)4-5-17(18)22)3-2-12-10-13(21)6-9-19(12,16)11-20/h2,13-16,20-21H,3-11H2,1H3/t13-,14+,15+,16+,18-,19-/m1/s1. The van der Waals surface area contributed by atoms with E-state index in [1.54, 1.807) is 0 Å². The van der Waals surface area contributed by atoms with Crippen LogP contribution in [-0.2, 0) is 4.79 Å². The molecule has 3 heteroatoms. The zero-order valence-corrected chi connectivity index (χ0v) is 13.6. The lowest BCUT2D eigenvalue weighted by Crippen LogP contribution is -2.53. The molecule has 0 saturated heterocycles. The molecule has 0 unspecified atom stereocenters. The molecule has 4 aliphatic rings. The Bertz CT molecular complexity index is 525. The highest BCUT2D eigenvalue weighted by Crippen LogP contribution is 2.63. The summed E-state index contributed by atoms with van der Waals surface area (Å²) in [6.07, 6.45) is 9.45. The molecule has 3 saturated carbocycles. The lowest BCUT2D eigenvalue weighted by molar-refractivity contribution is -0.133. The van der Waals surface area contributed by atoms with Gasteiger partial charge in [0.05, 0.1) is 12.7 Å². The summed E-state index contributed by atoms with van der Waals surface area (Å²) in [5.41, 5.74) is 1.11. The molecule has 0 heterocycles. The zero-order chi connectivity index (χ0) is 15.5. The maximum atomic E-state index is 12.4. The first-order valence-electron chi connectivity index (χ1n) is 9.03. The smallest absolute Gasteiger partial charge is 0.139 e.